The molecule has 8 heteroatoms. The van der Waals surface area contributed by atoms with Gasteiger partial charge in [0.05, 0.1) is 15.8 Å². The second kappa shape index (κ2) is 6.75. The molecule has 1 aromatic heterocycles. The first-order chi connectivity index (χ1) is 12.4. The monoisotopic (exact) mass is 353 g/mol. The fraction of sp³-hybridized carbons (Fsp3) is 0.167. The highest BCUT2D eigenvalue weighted by Gasteiger charge is 2.26. The first kappa shape index (κ1) is 17.3. The third-order valence-corrected chi connectivity index (χ3v) is 3.95. The summed E-state index contributed by atoms with van der Waals surface area (Å²) < 4.78 is 5.32. The topological polar surface area (TPSA) is 115 Å². The summed E-state index contributed by atoms with van der Waals surface area (Å²) in [6, 6.07) is 11.1. The van der Waals surface area contributed by atoms with Crippen LogP contribution in [0, 0.1) is 17.0 Å². The van der Waals surface area contributed by atoms with Crippen molar-refractivity contribution in [3.05, 3.63) is 79.9 Å². The quantitative estimate of drug-likeness (QED) is 0.438. The van der Waals surface area contributed by atoms with Crippen molar-refractivity contribution in [3.8, 4) is 0 Å². The molecule has 26 heavy (non-hydrogen) atoms. The van der Waals surface area contributed by atoms with Crippen LogP contribution in [-0.4, -0.2) is 20.9 Å². The highest BCUT2D eigenvalue weighted by molar-refractivity contribution is 5.95. The van der Waals surface area contributed by atoms with Gasteiger partial charge in [0.2, 0.25) is 0 Å². The number of nitrogens with one attached hydrogen (secondary N) is 1. The number of para-hydroxylation sites is 1. The number of nitro benzene ring substituents is 1. The minimum atomic E-state index is -0.890. The predicted molar refractivity (Wildman–Crippen MR) is 94.0 cm³/mol. The highest BCUT2D eigenvalue weighted by atomic mass is 16.6. The maximum absolute atomic E-state index is 12.5. The van der Waals surface area contributed by atoms with Crippen LogP contribution in [0.25, 0.3) is 10.9 Å². The van der Waals surface area contributed by atoms with Gasteiger partial charge in [-0.1, -0.05) is 24.3 Å². The van der Waals surface area contributed by atoms with Crippen LogP contribution in [0.5, 0.6) is 0 Å². The first-order valence-corrected chi connectivity index (χ1v) is 7.82. The molecule has 0 saturated carbocycles. The molecule has 3 aromatic rings. The van der Waals surface area contributed by atoms with E-state index >= 15 is 0 Å². The van der Waals surface area contributed by atoms with Crippen molar-refractivity contribution in [2.75, 3.05) is 0 Å². The zero-order valence-corrected chi connectivity index (χ0v) is 14.1. The normalized spacial score (nSPS) is 11.9. The Morgan fingerprint density at radius 1 is 1.23 bits per heavy atom. The molecule has 1 atom stereocenters. The lowest BCUT2D eigenvalue weighted by atomic mass is 10.1. The lowest BCUT2D eigenvalue weighted by Crippen LogP contribution is -2.18. The van der Waals surface area contributed by atoms with Crippen molar-refractivity contribution >= 4 is 22.6 Å². The molecule has 3 rings (SSSR count). The number of nitro groups is 1. The summed E-state index contributed by atoms with van der Waals surface area (Å²) in [7, 11) is 0. The van der Waals surface area contributed by atoms with Gasteiger partial charge in [-0.25, -0.2) is 9.78 Å². The molecule has 2 aromatic carbocycles. The van der Waals surface area contributed by atoms with Gasteiger partial charge < -0.3 is 9.72 Å². The van der Waals surface area contributed by atoms with E-state index in [-0.39, 0.29) is 22.6 Å². The van der Waals surface area contributed by atoms with Crippen LogP contribution in [-0.2, 0) is 4.74 Å². The molecule has 0 aliphatic carbocycles. The second-order valence-electron chi connectivity index (χ2n) is 5.74. The Hall–Kier alpha value is -3.55. The summed E-state index contributed by atoms with van der Waals surface area (Å²) >= 11 is 0. The molecular weight excluding hydrogens is 338 g/mol. The van der Waals surface area contributed by atoms with Crippen LogP contribution in [0.15, 0.2) is 47.3 Å². The summed E-state index contributed by atoms with van der Waals surface area (Å²) in [4.78, 5) is 42.0. The standard InChI is InChI=1S/C18H15N3O5/c1-10-6-5-9-14(21(24)25)15(10)18(23)26-11(2)16-19-13-8-4-3-7-12(13)17(22)20-16/h3-9,11H,1-2H3,(H,19,20,22). The Morgan fingerprint density at radius 2 is 1.96 bits per heavy atom. The number of esters is 1. The first-order valence-electron chi connectivity index (χ1n) is 7.82. The molecular formula is C18H15N3O5. The fourth-order valence-electron chi connectivity index (χ4n) is 2.64. The maximum atomic E-state index is 12.5. The summed E-state index contributed by atoms with van der Waals surface area (Å²) in [6.45, 7) is 3.12. The third kappa shape index (κ3) is 3.16. The smallest absolute Gasteiger partial charge is 0.346 e. The minimum absolute atomic E-state index is 0.118. The third-order valence-electron chi connectivity index (χ3n) is 3.95. The molecule has 132 valence electrons. The van der Waals surface area contributed by atoms with Crippen LogP contribution in [0.4, 0.5) is 5.69 Å². The van der Waals surface area contributed by atoms with Crippen LogP contribution in [0.2, 0.25) is 0 Å². The molecule has 0 aliphatic heterocycles. The molecule has 0 spiro atoms. The minimum Gasteiger partial charge on any atom is -0.451 e. The summed E-state index contributed by atoms with van der Waals surface area (Å²) in [6.07, 6.45) is -0.890. The zero-order chi connectivity index (χ0) is 18.8. The van der Waals surface area contributed by atoms with Crippen LogP contribution >= 0.6 is 0 Å². The molecule has 0 bridgehead atoms. The number of aromatic amines is 1. The van der Waals surface area contributed by atoms with Gasteiger partial charge in [-0.3, -0.25) is 14.9 Å². The molecule has 0 amide bonds. The van der Waals surface area contributed by atoms with E-state index in [0.29, 0.717) is 16.5 Å². The number of fused-ring (bicyclic) bond motifs is 1. The van der Waals surface area contributed by atoms with E-state index in [1.807, 2.05) is 0 Å². The van der Waals surface area contributed by atoms with E-state index < -0.39 is 17.0 Å². The molecule has 0 saturated heterocycles. The molecule has 0 radical (unpaired) electrons. The molecule has 1 heterocycles. The Morgan fingerprint density at radius 3 is 2.69 bits per heavy atom. The number of carbonyl (C=O) groups excluding carboxylic acids is 1. The zero-order valence-electron chi connectivity index (χ0n) is 14.1. The summed E-state index contributed by atoms with van der Waals surface area (Å²) in [5, 5.41) is 11.6. The average molecular weight is 353 g/mol. The number of rotatable bonds is 4. The van der Waals surface area contributed by atoms with Gasteiger partial charge >= 0.3 is 5.97 Å². The van der Waals surface area contributed by atoms with Crippen molar-refractivity contribution < 1.29 is 14.5 Å². The largest absolute Gasteiger partial charge is 0.451 e. The number of ether oxygens (including phenoxy) is 1. The number of aryl methyl sites for hydroxylation is 1. The average Bonchev–Trinajstić information content (AvgIpc) is 2.61. The summed E-state index contributed by atoms with van der Waals surface area (Å²) in [5.74, 6) is -0.684. The number of carbonyl (C=O) groups is 1. The van der Waals surface area contributed by atoms with Gasteiger partial charge in [0, 0.05) is 6.07 Å². The second-order valence-corrected chi connectivity index (χ2v) is 5.74. The Kier molecular flexibility index (Phi) is 4.49. The van der Waals surface area contributed by atoms with Crippen molar-refractivity contribution in [2.24, 2.45) is 0 Å². The highest BCUT2D eigenvalue weighted by Crippen LogP contribution is 2.25. The molecule has 0 aliphatic rings. The number of H-pyrrole nitrogens is 1. The van der Waals surface area contributed by atoms with E-state index in [9.17, 15) is 19.7 Å². The van der Waals surface area contributed by atoms with Gasteiger partial charge in [-0.05, 0) is 31.5 Å². The van der Waals surface area contributed by atoms with E-state index in [4.69, 9.17) is 4.74 Å². The van der Waals surface area contributed by atoms with Gasteiger partial charge in [0.25, 0.3) is 11.2 Å². The Bertz CT molecular complexity index is 1070. The lowest BCUT2D eigenvalue weighted by molar-refractivity contribution is -0.385. The molecule has 8 nitrogen and oxygen atoms in total. The van der Waals surface area contributed by atoms with Crippen LogP contribution < -0.4 is 5.56 Å². The predicted octanol–water partition coefficient (Wildman–Crippen LogP) is 3.06. The van der Waals surface area contributed by atoms with Gasteiger partial charge in [0.15, 0.2) is 11.9 Å². The SMILES string of the molecule is Cc1cccc([N+](=O)[O-])c1C(=O)OC(C)c1nc2ccccc2c(=O)[nH]1. The Balaban J connectivity index is 1.94. The number of aromatic nitrogens is 2. The van der Waals surface area contributed by atoms with Crippen molar-refractivity contribution in [3.63, 3.8) is 0 Å². The number of nitrogens with zero attached hydrogens (tertiary/aromatic N) is 2. The summed E-state index contributed by atoms with van der Waals surface area (Å²) in [5.41, 5.74) is 0.0948. The number of hydrogen-bond donors (Lipinski definition) is 1. The van der Waals surface area contributed by atoms with E-state index in [1.54, 1.807) is 37.3 Å². The fourth-order valence-corrected chi connectivity index (χ4v) is 2.64. The number of hydrogen-bond acceptors (Lipinski definition) is 6. The van der Waals surface area contributed by atoms with E-state index in [2.05, 4.69) is 9.97 Å². The van der Waals surface area contributed by atoms with Crippen molar-refractivity contribution in [2.45, 2.75) is 20.0 Å². The van der Waals surface area contributed by atoms with Gasteiger partial charge in [-0.15, -0.1) is 0 Å². The number of benzene rings is 2. The van der Waals surface area contributed by atoms with Crippen LogP contribution in [0.3, 0.4) is 0 Å². The van der Waals surface area contributed by atoms with E-state index in [0.717, 1.165) is 0 Å². The molecule has 1 unspecified atom stereocenters. The van der Waals surface area contributed by atoms with Crippen molar-refractivity contribution in [1.29, 1.82) is 0 Å². The van der Waals surface area contributed by atoms with Gasteiger partial charge in [0.1, 0.15) is 5.56 Å². The maximum Gasteiger partial charge on any atom is 0.346 e. The lowest BCUT2D eigenvalue weighted by Gasteiger charge is -2.14. The Labute approximate surface area is 147 Å². The van der Waals surface area contributed by atoms with E-state index in [1.165, 1.54) is 19.1 Å². The van der Waals surface area contributed by atoms with Gasteiger partial charge in [-0.2, -0.15) is 0 Å². The van der Waals surface area contributed by atoms with Crippen LogP contribution in [0.1, 0.15) is 34.8 Å². The van der Waals surface area contributed by atoms with Crippen molar-refractivity contribution in [1.82, 2.24) is 9.97 Å². The molecule has 0 fully saturated rings. The molecule has 1 N–H and O–H groups in total.